The molecule has 2 aromatic carbocycles. The third-order valence-electron chi connectivity index (χ3n) is 10.1. The molecule has 0 saturated carbocycles. The first kappa shape index (κ1) is 49.7. The van der Waals surface area contributed by atoms with Crippen molar-refractivity contribution >= 4 is 89.0 Å². The number of carbonyl (C=O) groups excluding carboxylic acids is 4. The van der Waals surface area contributed by atoms with E-state index in [2.05, 4.69) is 37.4 Å². The molecule has 316 valence electrons. The van der Waals surface area contributed by atoms with E-state index in [0.717, 1.165) is 71.3 Å². The Hall–Kier alpha value is -4.44. The van der Waals surface area contributed by atoms with Gasteiger partial charge in [0.05, 0.1) is 49.2 Å². The van der Waals surface area contributed by atoms with Crippen molar-refractivity contribution in [3.05, 3.63) is 71.4 Å². The third-order valence-corrected chi connectivity index (χ3v) is 10.1. The van der Waals surface area contributed by atoms with E-state index >= 15 is 0 Å². The lowest BCUT2D eigenvalue weighted by Gasteiger charge is -2.30. The molecule has 2 aliphatic heterocycles. The van der Waals surface area contributed by atoms with Crippen molar-refractivity contribution < 1.29 is 28.7 Å². The Labute approximate surface area is 367 Å². The molecule has 2 fully saturated rings. The number of fused-ring (bicyclic) bond motifs is 1. The van der Waals surface area contributed by atoms with Crippen LogP contribution < -0.4 is 10.6 Å². The number of H-pyrrole nitrogens is 2. The number of carbonyl (C=O) groups is 4. The SMILES string of the molecule is CCC[C@H](NC(=O)OC)C(=O)N1CCC[C@H]1c1nc2ccc(C#Cc3ccc(-c4cnc([C@@H]5CCCN5C(=O)[C@@H](NC(=O)OC)C(C)C)[nH]4)cc3)cc2[nH]1.S.S.S.S. The maximum Gasteiger partial charge on any atom is 0.407 e. The normalized spacial score (nSPS) is 16.7. The number of nitrogens with one attached hydrogen (secondary N) is 4. The average molecular weight is 873 g/mol. The lowest BCUT2D eigenvalue weighted by atomic mass is 10.0. The molecule has 14 nitrogen and oxygen atoms in total. The molecule has 4 heterocycles. The summed E-state index contributed by atoms with van der Waals surface area (Å²) < 4.78 is 9.49. The van der Waals surface area contributed by atoms with Crippen molar-refractivity contribution in [3.63, 3.8) is 0 Å². The number of rotatable bonds is 10. The van der Waals surface area contributed by atoms with Gasteiger partial charge < -0.3 is 39.9 Å². The van der Waals surface area contributed by atoms with Gasteiger partial charge in [0.2, 0.25) is 11.8 Å². The van der Waals surface area contributed by atoms with E-state index in [1.807, 2.05) is 68.1 Å². The number of methoxy groups -OCH3 is 2. The van der Waals surface area contributed by atoms with Crippen LogP contribution in [-0.2, 0) is 19.1 Å². The zero-order valence-corrected chi connectivity index (χ0v) is 37.4. The van der Waals surface area contributed by atoms with Gasteiger partial charge in [0.15, 0.2) is 0 Å². The number of hydrogen-bond acceptors (Lipinski definition) is 8. The molecular formula is C40H56N8O6S4. The third kappa shape index (κ3) is 11.4. The maximum absolute atomic E-state index is 13.5. The monoisotopic (exact) mass is 872 g/mol. The van der Waals surface area contributed by atoms with Crippen LogP contribution in [0.3, 0.4) is 0 Å². The minimum atomic E-state index is -0.692. The van der Waals surface area contributed by atoms with Crippen LogP contribution in [0.5, 0.6) is 0 Å². The van der Waals surface area contributed by atoms with Gasteiger partial charge in [-0.2, -0.15) is 54.0 Å². The highest BCUT2D eigenvalue weighted by atomic mass is 32.1. The summed E-state index contributed by atoms with van der Waals surface area (Å²) in [6.45, 7) is 6.94. The largest absolute Gasteiger partial charge is 0.453 e. The van der Waals surface area contributed by atoms with Gasteiger partial charge in [-0.15, -0.1) is 0 Å². The van der Waals surface area contributed by atoms with Gasteiger partial charge in [-0.3, -0.25) is 9.59 Å². The number of aromatic amines is 2. The van der Waals surface area contributed by atoms with Gasteiger partial charge in [0.25, 0.3) is 0 Å². The summed E-state index contributed by atoms with van der Waals surface area (Å²) in [7, 11) is 2.57. The summed E-state index contributed by atoms with van der Waals surface area (Å²) in [5.41, 5.74) is 5.06. The highest BCUT2D eigenvalue weighted by Crippen LogP contribution is 2.34. The predicted octanol–water partition coefficient (Wildman–Crippen LogP) is 6.04. The standard InChI is InChI=1S/C40H48N8O6.4H2S/c1-6-9-29(45-39(51)53-4)37(49)47-20-8-11-33(47)36-42-28-19-16-26(22-30(28)43-36)13-12-25-14-17-27(18-15-25)31-23-41-35(44-31)32-10-7-21-48(32)38(50)34(24(2)3)46-40(52)54-5;;;;/h14-19,22-24,29,32-34H,6-11,20-21H2,1-5H3,(H,41,44)(H,42,43)(H,45,51)(H,46,52);4*1H2/t29-,32-,33-,34-;;;;/m0..../s1. The minimum Gasteiger partial charge on any atom is -0.453 e. The first-order valence-electron chi connectivity index (χ1n) is 18.6. The molecule has 4 aromatic rings. The van der Waals surface area contributed by atoms with Gasteiger partial charge in [-0.05, 0) is 73.9 Å². The smallest absolute Gasteiger partial charge is 0.407 e. The summed E-state index contributed by atoms with van der Waals surface area (Å²) in [4.78, 5) is 70.7. The number of nitrogens with zero attached hydrogens (tertiary/aromatic N) is 4. The maximum atomic E-state index is 13.5. The van der Waals surface area contributed by atoms with Crippen molar-refractivity contribution in [3.8, 4) is 23.1 Å². The Morgan fingerprint density at radius 3 is 2.02 bits per heavy atom. The van der Waals surface area contributed by atoms with E-state index in [4.69, 9.17) is 14.5 Å². The highest BCUT2D eigenvalue weighted by Gasteiger charge is 2.38. The van der Waals surface area contributed by atoms with Crippen LogP contribution in [0.1, 0.15) is 94.2 Å². The van der Waals surface area contributed by atoms with E-state index in [1.54, 1.807) is 11.1 Å². The molecule has 0 bridgehead atoms. The average Bonchev–Trinajstić information content (AvgIpc) is 4.01. The van der Waals surface area contributed by atoms with Crippen molar-refractivity contribution in [2.45, 2.75) is 83.5 Å². The van der Waals surface area contributed by atoms with E-state index < -0.39 is 24.3 Å². The summed E-state index contributed by atoms with van der Waals surface area (Å²) in [6, 6.07) is 11.9. The number of ether oxygens (including phenoxy) is 2. The van der Waals surface area contributed by atoms with Crippen LogP contribution in [0, 0.1) is 17.8 Å². The quantitative estimate of drug-likeness (QED) is 0.140. The lowest BCUT2D eigenvalue weighted by Crippen LogP contribution is -2.51. The number of benzene rings is 2. The number of amides is 4. The predicted molar refractivity (Wildman–Crippen MR) is 243 cm³/mol. The van der Waals surface area contributed by atoms with E-state index in [0.29, 0.717) is 25.3 Å². The molecule has 0 unspecified atom stereocenters. The van der Waals surface area contributed by atoms with Crippen molar-refractivity contribution in [1.29, 1.82) is 0 Å². The number of alkyl carbamates (subject to hydrolysis) is 2. The van der Waals surface area contributed by atoms with Gasteiger partial charge in [0.1, 0.15) is 23.7 Å². The molecule has 0 aliphatic carbocycles. The summed E-state index contributed by atoms with van der Waals surface area (Å²) >= 11 is 0. The van der Waals surface area contributed by atoms with Crippen LogP contribution in [0.25, 0.3) is 22.3 Å². The van der Waals surface area contributed by atoms with Crippen molar-refractivity contribution in [1.82, 2.24) is 40.4 Å². The van der Waals surface area contributed by atoms with Gasteiger partial charge in [-0.1, -0.05) is 51.2 Å². The Bertz CT molecular complexity index is 2060. The number of likely N-dealkylation sites (tertiary alicyclic amines) is 2. The molecule has 4 atom stereocenters. The molecule has 18 heteroatoms. The van der Waals surface area contributed by atoms with Crippen molar-refractivity contribution in [2.75, 3.05) is 27.3 Å². The van der Waals surface area contributed by atoms with Gasteiger partial charge in [-0.25, -0.2) is 19.6 Å². The molecule has 2 aliphatic rings. The van der Waals surface area contributed by atoms with E-state index in [-0.39, 0.29) is 83.8 Å². The van der Waals surface area contributed by atoms with Crippen molar-refractivity contribution in [2.24, 2.45) is 5.92 Å². The zero-order chi connectivity index (χ0) is 38.4. The molecule has 0 spiro atoms. The minimum absolute atomic E-state index is 0. The number of imidazole rings is 2. The molecule has 0 radical (unpaired) electrons. The summed E-state index contributed by atoms with van der Waals surface area (Å²) in [5.74, 6) is 7.54. The molecule has 4 amide bonds. The van der Waals surface area contributed by atoms with Crippen LogP contribution >= 0.6 is 54.0 Å². The molecule has 6 rings (SSSR count). The zero-order valence-electron chi connectivity index (χ0n) is 33.4. The number of aromatic nitrogens is 4. The second-order valence-electron chi connectivity index (χ2n) is 14.1. The number of hydrogen-bond donors (Lipinski definition) is 4. The summed E-state index contributed by atoms with van der Waals surface area (Å²) in [5, 5.41) is 5.37. The van der Waals surface area contributed by atoms with Crippen LogP contribution in [0.4, 0.5) is 9.59 Å². The first-order valence-corrected chi connectivity index (χ1v) is 18.6. The Morgan fingerprint density at radius 1 is 0.810 bits per heavy atom. The second kappa shape index (κ2) is 22.6. The van der Waals surface area contributed by atoms with E-state index in [9.17, 15) is 19.2 Å². The van der Waals surface area contributed by atoms with E-state index in [1.165, 1.54) is 14.2 Å². The fraction of sp³-hybridized carbons (Fsp3) is 0.450. The fourth-order valence-corrected chi connectivity index (χ4v) is 7.25. The fourth-order valence-electron chi connectivity index (χ4n) is 7.25. The molecule has 58 heavy (non-hydrogen) atoms. The Kier molecular flexibility index (Phi) is 19.4. The Morgan fingerprint density at radius 2 is 1.40 bits per heavy atom. The van der Waals surface area contributed by atoms with Gasteiger partial charge >= 0.3 is 12.2 Å². The first-order chi connectivity index (χ1) is 26.1. The van der Waals surface area contributed by atoms with Crippen LogP contribution in [0.15, 0.2) is 48.7 Å². The van der Waals surface area contributed by atoms with Crippen LogP contribution in [-0.4, -0.2) is 93.1 Å². The topological polar surface area (TPSA) is 175 Å². The van der Waals surface area contributed by atoms with Gasteiger partial charge in [0, 0.05) is 24.2 Å². The highest BCUT2D eigenvalue weighted by molar-refractivity contribution is 7.59. The molecule has 2 saturated heterocycles. The lowest BCUT2D eigenvalue weighted by molar-refractivity contribution is -0.135. The molecule has 2 aromatic heterocycles. The second-order valence-corrected chi connectivity index (χ2v) is 14.1. The van der Waals surface area contributed by atoms with Crippen LogP contribution in [0.2, 0.25) is 0 Å². The Balaban J connectivity index is 0.00000290. The molecular weight excluding hydrogens is 817 g/mol. The summed E-state index contributed by atoms with van der Waals surface area (Å²) in [6.07, 6.45) is 5.03. The molecule has 4 N–H and O–H groups in total.